The van der Waals surface area contributed by atoms with Gasteiger partial charge in [0.25, 0.3) is 0 Å². The van der Waals surface area contributed by atoms with Crippen LogP contribution < -0.4 is 0 Å². The van der Waals surface area contributed by atoms with E-state index in [0.29, 0.717) is 0 Å². The molecule has 0 aliphatic heterocycles. The van der Waals surface area contributed by atoms with Crippen molar-refractivity contribution in [3.8, 4) is 21.8 Å². The zero-order valence-corrected chi connectivity index (χ0v) is 20.1. The lowest BCUT2D eigenvalue weighted by Crippen LogP contribution is -2.10. The second-order valence-corrected chi connectivity index (χ2v) is 10.8. The molecule has 0 saturated heterocycles. The molecule has 0 fully saturated rings. The van der Waals surface area contributed by atoms with Crippen LogP contribution in [0.5, 0.6) is 0 Å². The Balaban J connectivity index is 1.51. The van der Waals surface area contributed by atoms with E-state index in [4.69, 9.17) is 4.98 Å². The summed E-state index contributed by atoms with van der Waals surface area (Å²) >= 11 is 5.18. The number of rotatable bonds is 4. The first kappa shape index (κ1) is 21.7. The maximum atomic E-state index is 13.2. The molecule has 4 rings (SSSR count). The first-order valence-electron chi connectivity index (χ1n) is 10.1. The van der Waals surface area contributed by atoms with Crippen LogP contribution in [0.2, 0.25) is 0 Å². The molecule has 0 N–H and O–H groups in total. The normalized spacial score (nSPS) is 11.9. The topological polar surface area (TPSA) is 12.9 Å². The molecule has 156 valence electrons. The van der Waals surface area contributed by atoms with Gasteiger partial charge in [0.05, 0.1) is 9.48 Å². The molecule has 3 aromatic carbocycles. The van der Waals surface area contributed by atoms with Gasteiger partial charge in [-0.25, -0.2) is 9.37 Å². The molecular formula is C27H23BrFNS. The van der Waals surface area contributed by atoms with Crippen molar-refractivity contribution in [3.05, 3.63) is 99.1 Å². The summed E-state index contributed by atoms with van der Waals surface area (Å²) in [5.74, 6) is -0.242. The van der Waals surface area contributed by atoms with E-state index < -0.39 is 0 Å². The van der Waals surface area contributed by atoms with Gasteiger partial charge in [0.15, 0.2) is 0 Å². The van der Waals surface area contributed by atoms with Gasteiger partial charge in [0.2, 0.25) is 0 Å². The van der Waals surface area contributed by atoms with Crippen molar-refractivity contribution in [2.24, 2.45) is 0 Å². The van der Waals surface area contributed by atoms with Crippen LogP contribution in [0.3, 0.4) is 0 Å². The summed E-state index contributed by atoms with van der Waals surface area (Å²) in [4.78, 5) is 4.76. The van der Waals surface area contributed by atoms with E-state index in [1.807, 2.05) is 0 Å². The molecule has 1 nitrogen and oxygen atoms in total. The van der Waals surface area contributed by atoms with Gasteiger partial charge in [0, 0.05) is 11.1 Å². The summed E-state index contributed by atoms with van der Waals surface area (Å²) in [7, 11) is 0. The Labute approximate surface area is 195 Å². The van der Waals surface area contributed by atoms with E-state index in [1.54, 1.807) is 23.5 Å². The Morgan fingerprint density at radius 1 is 0.774 bits per heavy atom. The zero-order chi connectivity index (χ0) is 22.0. The fourth-order valence-electron chi connectivity index (χ4n) is 3.23. The first-order valence-corrected chi connectivity index (χ1v) is 11.7. The predicted octanol–water partition coefficient (Wildman–Crippen LogP) is 8.85. The largest absolute Gasteiger partial charge is 0.235 e. The lowest BCUT2D eigenvalue weighted by atomic mass is 9.87. The van der Waals surface area contributed by atoms with Crippen LogP contribution in [0, 0.1) is 5.82 Å². The van der Waals surface area contributed by atoms with Crippen LogP contribution >= 0.6 is 27.3 Å². The monoisotopic (exact) mass is 491 g/mol. The van der Waals surface area contributed by atoms with Crippen molar-refractivity contribution in [1.82, 2.24) is 4.98 Å². The quantitative estimate of drug-likeness (QED) is 0.259. The van der Waals surface area contributed by atoms with Crippen LogP contribution in [-0.2, 0) is 5.41 Å². The molecule has 0 aliphatic rings. The first-order chi connectivity index (χ1) is 14.8. The Kier molecular flexibility index (Phi) is 6.22. The summed E-state index contributed by atoms with van der Waals surface area (Å²) in [5.41, 5.74) is 6.68. The van der Waals surface area contributed by atoms with Crippen molar-refractivity contribution in [2.45, 2.75) is 26.2 Å². The number of hydrogen-bond acceptors (Lipinski definition) is 2. The minimum absolute atomic E-state index is 0.165. The number of halogens is 2. The standard InChI is InChI=1S/C27H23BrFNS/c1-27(2,3)22-14-8-19(9-15-22)5-4-18-6-10-20(11-7-18)24-25(28)31-26(30-24)21-12-16-23(29)17-13-21/h4-17H,1-3H3/b5-4+. The number of hydrogen-bond donors (Lipinski definition) is 0. The Morgan fingerprint density at radius 3 is 1.84 bits per heavy atom. The van der Waals surface area contributed by atoms with Crippen molar-refractivity contribution >= 4 is 39.4 Å². The summed E-state index contributed by atoms with van der Waals surface area (Å²) < 4.78 is 14.2. The molecule has 0 saturated carbocycles. The van der Waals surface area contributed by atoms with Gasteiger partial charge in [-0.15, -0.1) is 11.3 Å². The molecule has 0 bridgehead atoms. The summed E-state index contributed by atoms with van der Waals surface area (Å²) in [6.07, 6.45) is 4.25. The van der Waals surface area contributed by atoms with E-state index in [-0.39, 0.29) is 11.2 Å². The average Bonchev–Trinajstić information content (AvgIpc) is 3.14. The Morgan fingerprint density at radius 2 is 1.29 bits per heavy atom. The van der Waals surface area contributed by atoms with Gasteiger partial charge in [-0.2, -0.15) is 0 Å². The number of aromatic nitrogens is 1. The average molecular weight is 492 g/mol. The van der Waals surface area contributed by atoms with Crippen molar-refractivity contribution in [3.63, 3.8) is 0 Å². The van der Waals surface area contributed by atoms with Crippen LogP contribution in [0.15, 0.2) is 76.6 Å². The SMILES string of the molecule is CC(C)(C)c1ccc(/C=C/c2ccc(-c3nc(-c4ccc(F)cc4)sc3Br)cc2)cc1. The van der Waals surface area contributed by atoms with Gasteiger partial charge in [0.1, 0.15) is 10.8 Å². The van der Waals surface area contributed by atoms with E-state index in [0.717, 1.165) is 31.2 Å². The van der Waals surface area contributed by atoms with Gasteiger partial charge in [-0.3, -0.25) is 0 Å². The molecule has 0 spiro atoms. The third-order valence-electron chi connectivity index (χ3n) is 5.11. The molecule has 4 heteroatoms. The molecule has 1 heterocycles. The number of thiazole rings is 1. The number of benzene rings is 3. The molecule has 0 unspecified atom stereocenters. The Bertz CT molecular complexity index is 1200. The molecule has 0 amide bonds. The summed E-state index contributed by atoms with van der Waals surface area (Å²) in [6, 6.07) is 23.5. The molecule has 0 aliphatic carbocycles. The van der Waals surface area contributed by atoms with Crippen LogP contribution in [0.4, 0.5) is 4.39 Å². The van der Waals surface area contributed by atoms with Crippen molar-refractivity contribution in [2.75, 3.05) is 0 Å². The van der Waals surface area contributed by atoms with Gasteiger partial charge in [-0.1, -0.05) is 81.5 Å². The molecular weight excluding hydrogens is 469 g/mol. The summed E-state index contributed by atoms with van der Waals surface area (Å²) in [5, 5.41) is 0.865. The zero-order valence-electron chi connectivity index (χ0n) is 17.7. The van der Waals surface area contributed by atoms with Crippen molar-refractivity contribution < 1.29 is 4.39 Å². The second kappa shape index (κ2) is 8.89. The minimum Gasteiger partial charge on any atom is -0.235 e. The highest BCUT2D eigenvalue weighted by atomic mass is 79.9. The predicted molar refractivity (Wildman–Crippen MR) is 135 cm³/mol. The van der Waals surface area contributed by atoms with Gasteiger partial charge in [-0.05, 0) is 62.3 Å². The molecule has 1 aromatic heterocycles. The smallest absolute Gasteiger partial charge is 0.125 e. The number of nitrogens with zero attached hydrogens (tertiary/aromatic N) is 1. The summed E-state index contributed by atoms with van der Waals surface area (Å²) in [6.45, 7) is 6.67. The van der Waals surface area contributed by atoms with E-state index in [1.165, 1.54) is 23.3 Å². The highest BCUT2D eigenvalue weighted by Crippen LogP contribution is 2.37. The van der Waals surface area contributed by atoms with Gasteiger partial charge >= 0.3 is 0 Å². The third-order valence-corrected chi connectivity index (χ3v) is 6.86. The van der Waals surface area contributed by atoms with Gasteiger partial charge < -0.3 is 0 Å². The van der Waals surface area contributed by atoms with E-state index in [9.17, 15) is 4.39 Å². The molecule has 31 heavy (non-hydrogen) atoms. The molecule has 0 radical (unpaired) electrons. The lowest BCUT2D eigenvalue weighted by molar-refractivity contribution is 0.590. The second-order valence-electron chi connectivity index (χ2n) is 8.48. The van der Waals surface area contributed by atoms with Crippen LogP contribution in [0.25, 0.3) is 34.0 Å². The highest BCUT2D eigenvalue weighted by Gasteiger charge is 2.13. The van der Waals surface area contributed by atoms with Crippen LogP contribution in [0.1, 0.15) is 37.5 Å². The Hall–Kier alpha value is -2.56. The van der Waals surface area contributed by atoms with Crippen LogP contribution in [-0.4, -0.2) is 4.98 Å². The lowest BCUT2D eigenvalue weighted by Gasteiger charge is -2.18. The minimum atomic E-state index is -0.242. The molecule has 0 atom stereocenters. The van der Waals surface area contributed by atoms with Crippen molar-refractivity contribution in [1.29, 1.82) is 0 Å². The van der Waals surface area contributed by atoms with E-state index >= 15 is 0 Å². The fraction of sp³-hybridized carbons (Fsp3) is 0.148. The van der Waals surface area contributed by atoms with E-state index in [2.05, 4.69) is 97.4 Å². The maximum Gasteiger partial charge on any atom is 0.125 e. The highest BCUT2D eigenvalue weighted by molar-refractivity contribution is 9.11. The molecule has 4 aromatic rings. The third kappa shape index (κ3) is 5.20. The maximum absolute atomic E-state index is 13.2. The fourth-order valence-corrected chi connectivity index (χ4v) is 4.83.